The van der Waals surface area contributed by atoms with E-state index in [2.05, 4.69) is 15.5 Å². The SMILES string of the molecule is O=C(NC1CC(=O)N(c2ccc(Oc3ccccc3)cc2)C1)c1cc(C2CC2)[nH]n1. The molecule has 3 aromatic rings. The first-order valence-corrected chi connectivity index (χ1v) is 10.2. The lowest BCUT2D eigenvalue weighted by atomic mass is 10.2. The van der Waals surface area contributed by atoms with E-state index in [1.807, 2.05) is 60.7 Å². The van der Waals surface area contributed by atoms with Gasteiger partial charge in [-0.25, -0.2) is 0 Å². The lowest BCUT2D eigenvalue weighted by molar-refractivity contribution is -0.117. The van der Waals surface area contributed by atoms with Crippen LogP contribution in [0.3, 0.4) is 0 Å². The van der Waals surface area contributed by atoms with Gasteiger partial charge < -0.3 is 15.0 Å². The van der Waals surface area contributed by atoms with Gasteiger partial charge in [0, 0.05) is 30.3 Å². The third kappa shape index (κ3) is 3.91. The number of carbonyl (C=O) groups excluding carboxylic acids is 2. The van der Waals surface area contributed by atoms with Gasteiger partial charge in [-0.15, -0.1) is 0 Å². The van der Waals surface area contributed by atoms with Gasteiger partial charge in [-0.3, -0.25) is 14.7 Å². The average molecular weight is 402 g/mol. The molecule has 2 fully saturated rings. The molecule has 1 atom stereocenters. The van der Waals surface area contributed by atoms with E-state index in [1.54, 1.807) is 4.90 Å². The normalized spacial score (nSPS) is 18.5. The number of H-pyrrole nitrogens is 1. The highest BCUT2D eigenvalue weighted by Gasteiger charge is 2.32. The maximum Gasteiger partial charge on any atom is 0.272 e. The summed E-state index contributed by atoms with van der Waals surface area (Å²) < 4.78 is 5.80. The first kappa shape index (κ1) is 18.4. The highest BCUT2D eigenvalue weighted by molar-refractivity contribution is 5.98. The largest absolute Gasteiger partial charge is 0.457 e. The number of hydrogen-bond acceptors (Lipinski definition) is 4. The highest BCUT2D eigenvalue weighted by atomic mass is 16.5. The predicted octanol–water partition coefficient (Wildman–Crippen LogP) is 3.61. The van der Waals surface area contributed by atoms with Crippen LogP contribution in [0.4, 0.5) is 5.69 Å². The van der Waals surface area contributed by atoms with Gasteiger partial charge in [-0.2, -0.15) is 5.10 Å². The molecule has 30 heavy (non-hydrogen) atoms. The third-order valence-electron chi connectivity index (χ3n) is 5.44. The Morgan fingerprint density at radius 1 is 1.07 bits per heavy atom. The number of hydrogen-bond donors (Lipinski definition) is 2. The molecule has 2 aromatic carbocycles. The van der Waals surface area contributed by atoms with Crippen molar-refractivity contribution in [1.82, 2.24) is 15.5 Å². The predicted molar refractivity (Wildman–Crippen MR) is 112 cm³/mol. The van der Waals surface area contributed by atoms with Crippen LogP contribution in [0, 0.1) is 0 Å². The lowest BCUT2D eigenvalue weighted by Crippen LogP contribution is -2.37. The standard InChI is InChI=1S/C23H22N4O3/c28-22-12-16(24-23(29)21-13-20(25-26-21)15-6-7-15)14-27(22)17-8-10-19(11-9-17)30-18-4-2-1-3-5-18/h1-5,8-11,13,15-16H,6-7,12,14H2,(H,24,29)(H,25,26). The summed E-state index contributed by atoms with van der Waals surface area (Å²) in [6.45, 7) is 0.434. The second-order valence-electron chi connectivity index (χ2n) is 7.77. The zero-order valence-corrected chi connectivity index (χ0v) is 16.4. The molecule has 0 radical (unpaired) electrons. The summed E-state index contributed by atoms with van der Waals surface area (Å²) in [4.78, 5) is 26.7. The maximum atomic E-state index is 12.5. The van der Waals surface area contributed by atoms with Gasteiger partial charge in [0.15, 0.2) is 0 Å². The number of nitrogens with zero attached hydrogens (tertiary/aromatic N) is 2. The minimum absolute atomic E-state index is 0.0160. The number of ether oxygens (including phenoxy) is 1. The van der Waals surface area contributed by atoms with Crippen LogP contribution < -0.4 is 15.0 Å². The molecule has 2 amide bonds. The van der Waals surface area contributed by atoms with E-state index in [9.17, 15) is 9.59 Å². The van der Waals surface area contributed by atoms with Gasteiger partial charge >= 0.3 is 0 Å². The quantitative estimate of drug-likeness (QED) is 0.659. The summed E-state index contributed by atoms with van der Waals surface area (Å²) >= 11 is 0. The van der Waals surface area contributed by atoms with Crippen LogP contribution in [-0.2, 0) is 4.79 Å². The zero-order chi connectivity index (χ0) is 20.5. The van der Waals surface area contributed by atoms with E-state index in [0.29, 0.717) is 23.9 Å². The van der Waals surface area contributed by atoms with Crippen molar-refractivity contribution in [3.8, 4) is 11.5 Å². The Bertz CT molecular complexity index is 1060. The maximum absolute atomic E-state index is 12.5. The number of carbonyl (C=O) groups is 2. The second-order valence-corrected chi connectivity index (χ2v) is 7.77. The number of aromatic amines is 1. The van der Waals surface area contributed by atoms with Crippen LogP contribution in [0.2, 0.25) is 0 Å². The Kier molecular flexibility index (Phi) is 4.71. The Hall–Kier alpha value is -3.61. The number of aromatic nitrogens is 2. The Labute approximate surface area is 174 Å². The Morgan fingerprint density at radius 2 is 1.80 bits per heavy atom. The van der Waals surface area contributed by atoms with Gasteiger partial charge in [-0.1, -0.05) is 18.2 Å². The van der Waals surface area contributed by atoms with Crippen molar-refractivity contribution in [1.29, 1.82) is 0 Å². The number of anilines is 1. The molecule has 7 heteroatoms. The molecule has 1 saturated heterocycles. The molecule has 0 spiro atoms. The first-order chi connectivity index (χ1) is 14.7. The highest BCUT2D eigenvalue weighted by Crippen LogP contribution is 2.39. The minimum atomic E-state index is -0.246. The number of nitrogens with one attached hydrogen (secondary N) is 2. The zero-order valence-electron chi connectivity index (χ0n) is 16.4. The molecule has 1 saturated carbocycles. The summed E-state index contributed by atoms with van der Waals surface area (Å²) in [6.07, 6.45) is 2.56. The van der Waals surface area contributed by atoms with Gasteiger partial charge in [0.25, 0.3) is 5.91 Å². The second kappa shape index (κ2) is 7.67. The molecule has 1 aliphatic heterocycles. The molecule has 2 aliphatic rings. The third-order valence-corrected chi connectivity index (χ3v) is 5.44. The molecule has 7 nitrogen and oxygen atoms in total. The van der Waals surface area contributed by atoms with Crippen molar-refractivity contribution in [2.75, 3.05) is 11.4 Å². The summed E-state index contributed by atoms with van der Waals surface area (Å²) in [5.41, 5.74) is 2.18. The molecular formula is C23H22N4O3. The van der Waals surface area contributed by atoms with Crippen molar-refractivity contribution < 1.29 is 14.3 Å². The lowest BCUT2D eigenvalue weighted by Gasteiger charge is -2.17. The van der Waals surface area contributed by atoms with Crippen LogP contribution in [0.1, 0.15) is 41.4 Å². The first-order valence-electron chi connectivity index (χ1n) is 10.2. The van der Waals surface area contributed by atoms with Gasteiger partial charge in [0.05, 0.1) is 6.04 Å². The van der Waals surface area contributed by atoms with Crippen LogP contribution in [-0.4, -0.2) is 34.6 Å². The van der Waals surface area contributed by atoms with E-state index in [-0.39, 0.29) is 24.3 Å². The molecule has 0 bridgehead atoms. The average Bonchev–Trinajstić information content (AvgIpc) is 3.37. The van der Waals surface area contributed by atoms with E-state index in [0.717, 1.165) is 30.0 Å². The smallest absolute Gasteiger partial charge is 0.272 e. The summed E-state index contributed by atoms with van der Waals surface area (Å²) in [7, 11) is 0. The summed E-state index contributed by atoms with van der Waals surface area (Å²) in [6, 6.07) is 18.5. The number of benzene rings is 2. The fraction of sp³-hybridized carbons (Fsp3) is 0.261. The summed E-state index contributed by atoms with van der Waals surface area (Å²) in [5, 5.41) is 9.98. The molecule has 2 heterocycles. The molecule has 2 N–H and O–H groups in total. The number of amides is 2. The van der Waals surface area contributed by atoms with Crippen LogP contribution >= 0.6 is 0 Å². The monoisotopic (exact) mass is 402 g/mol. The fourth-order valence-electron chi connectivity index (χ4n) is 3.69. The van der Waals surface area contributed by atoms with Crippen LogP contribution in [0.25, 0.3) is 0 Å². The number of para-hydroxylation sites is 1. The van der Waals surface area contributed by atoms with Crippen LogP contribution in [0.15, 0.2) is 60.7 Å². The van der Waals surface area contributed by atoms with Gasteiger partial charge in [0.1, 0.15) is 17.2 Å². The topological polar surface area (TPSA) is 87.3 Å². The summed E-state index contributed by atoms with van der Waals surface area (Å²) in [5.74, 6) is 1.71. The fourth-order valence-corrected chi connectivity index (χ4v) is 3.69. The van der Waals surface area contributed by atoms with Gasteiger partial charge in [-0.05, 0) is 55.3 Å². The molecular weight excluding hydrogens is 380 g/mol. The Balaban J connectivity index is 1.20. The minimum Gasteiger partial charge on any atom is -0.457 e. The van der Waals surface area contributed by atoms with E-state index in [1.165, 1.54) is 0 Å². The van der Waals surface area contributed by atoms with Crippen molar-refractivity contribution in [3.05, 3.63) is 72.1 Å². The van der Waals surface area contributed by atoms with Crippen molar-refractivity contribution in [2.45, 2.75) is 31.2 Å². The van der Waals surface area contributed by atoms with E-state index < -0.39 is 0 Å². The van der Waals surface area contributed by atoms with Gasteiger partial charge in [0.2, 0.25) is 5.91 Å². The molecule has 1 aromatic heterocycles. The van der Waals surface area contributed by atoms with Crippen LogP contribution in [0.5, 0.6) is 11.5 Å². The molecule has 1 aliphatic carbocycles. The van der Waals surface area contributed by atoms with E-state index >= 15 is 0 Å². The van der Waals surface area contributed by atoms with Crippen molar-refractivity contribution >= 4 is 17.5 Å². The number of rotatable bonds is 6. The molecule has 5 rings (SSSR count). The molecule has 152 valence electrons. The Morgan fingerprint density at radius 3 is 2.53 bits per heavy atom. The van der Waals surface area contributed by atoms with Crippen molar-refractivity contribution in [2.24, 2.45) is 0 Å². The molecule has 1 unspecified atom stereocenters. The van der Waals surface area contributed by atoms with E-state index in [4.69, 9.17) is 4.74 Å². The van der Waals surface area contributed by atoms with Crippen molar-refractivity contribution in [3.63, 3.8) is 0 Å².